The Morgan fingerprint density at radius 1 is 1.00 bits per heavy atom. The van der Waals surface area contributed by atoms with Gasteiger partial charge in [-0.2, -0.15) is 5.26 Å². The van der Waals surface area contributed by atoms with Crippen LogP contribution in [0.3, 0.4) is 0 Å². The highest BCUT2D eigenvalue weighted by Gasteiger charge is 1.75. The first-order valence-corrected chi connectivity index (χ1v) is 4.19. The molecule has 0 aliphatic heterocycles. The zero-order valence-electron chi connectivity index (χ0n) is 9.21. The fourth-order valence-electron chi connectivity index (χ4n) is 0.589. The van der Waals surface area contributed by atoms with Gasteiger partial charge >= 0.3 is 0 Å². The van der Waals surface area contributed by atoms with E-state index in [0.29, 0.717) is 0 Å². The van der Waals surface area contributed by atoms with Crippen LogP contribution in [0.25, 0.3) is 6.08 Å². The lowest BCUT2D eigenvalue weighted by molar-refractivity contribution is 1.54. The van der Waals surface area contributed by atoms with E-state index in [1.54, 1.807) is 6.07 Å². The molecule has 0 amide bonds. The van der Waals surface area contributed by atoms with Crippen LogP contribution in [0, 0.1) is 37.0 Å². The van der Waals surface area contributed by atoms with Crippen LogP contribution in [0.15, 0.2) is 49.6 Å². The Bertz CT molecular complexity index is 330. The van der Waals surface area contributed by atoms with Crippen molar-refractivity contribution in [1.82, 2.24) is 0 Å². The Morgan fingerprint density at radius 2 is 1.38 bits per heavy atom. The summed E-state index contributed by atoms with van der Waals surface area (Å²) < 4.78 is 0. The summed E-state index contributed by atoms with van der Waals surface area (Å²) in [5.41, 5.74) is 1.17. The van der Waals surface area contributed by atoms with Crippen molar-refractivity contribution < 1.29 is 0 Å². The highest BCUT2D eigenvalue weighted by Crippen LogP contribution is 1.97. The molecule has 0 unspecified atom stereocenters. The summed E-state index contributed by atoms with van der Waals surface area (Å²) in [4.78, 5) is 0. The lowest BCUT2D eigenvalue weighted by Gasteiger charge is -1.85. The molecule has 0 saturated heterocycles. The monoisotopic (exact) mass is 209 g/mol. The summed E-state index contributed by atoms with van der Waals surface area (Å²) in [5, 5.41) is 7.51. The first-order valence-electron chi connectivity index (χ1n) is 4.19. The number of hydrogen-bond donors (Lipinski definition) is 0. The number of benzene rings is 1. The molecule has 0 spiro atoms. The predicted octanol–water partition coefficient (Wildman–Crippen LogP) is 3.52. The van der Waals surface area contributed by atoms with Gasteiger partial charge in [-0.3, -0.25) is 0 Å². The summed E-state index contributed by atoms with van der Waals surface area (Å²) in [6, 6.07) is 11.7. The number of terminal acetylenes is 2. The van der Waals surface area contributed by atoms with Gasteiger partial charge in [0.15, 0.2) is 0 Å². The van der Waals surface area contributed by atoms with Gasteiger partial charge in [0.2, 0.25) is 0 Å². The zero-order chi connectivity index (χ0) is 13.2. The largest absolute Gasteiger partial charge is 0.193 e. The van der Waals surface area contributed by atoms with Crippen LogP contribution >= 0.6 is 0 Å². The first-order chi connectivity index (χ1) is 7.85. The third-order valence-corrected chi connectivity index (χ3v) is 1.13. The molecular weight excluding hydrogens is 194 g/mol. The van der Waals surface area contributed by atoms with E-state index in [-0.39, 0.29) is 0 Å². The summed E-state index contributed by atoms with van der Waals surface area (Å²) in [5.74, 6) is 0. The highest BCUT2D eigenvalue weighted by atomic mass is 14.2. The second-order valence-electron chi connectivity index (χ2n) is 1.95. The van der Waals surface area contributed by atoms with Crippen molar-refractivity contribution in [1.29, 1.82) is 5.26 Å². The van der Waals surface area contributed by atoms with Crippen LogP contribution in [0.2, 0.25) is 0 Å². The van der Waals surface area contributed by atoms with Gasteiger partial charge < -0.3 is 0 Å². The third-order valence-electron chi connectivity index (χ3n) is 1.13. The number of allylic oxidation sites excluding steroid dienone is 1. The van der Waals surface area contributed by atoms with Gasteiger partial charge in [-0.1, -0.05) is 49.6 Å². The van der Waals surface area contributed by atoms with Crippen LogP contribution in [-0.2, 0) is 0 Å². The second kappa shape index (κ2) is 22.8. The molecule has 1 aromatic rings. The molecular formula is C15H15N. The maximum Gasteiger partial charge on any atom is 0.0905 e. The van der Waals surface area contributed by atoms with Crippen LogP contribution in [0.1, 0.15) is 5.56 Å². The minimum Gasteiger partial charge on any atom is -0.193 e. The maximum absolute atomic E-state index is 7.51. The molecule has 0 aromatic heterocycles. The van der Waals surface area contributed by atoms with Gasteiger partial charge in [-0.15, -0.1) is 25.7 Å². The van der Waals surface area contributed by atoms with Gasteiger partial charge in [0.1, 0.15) is 0 Å². The molecule has 1 nitrogen and oxygen atoms in total. The average molecular weight is 209 g/mol. The van der Waals surface area contributed by atoms with Crippen LogP contribution < -0.4 is 0 Å². The topological polar surface area (TPSA) is 23.8 Å². The normalized spacial score (nSPS) is 5.44. The van der Waals surface area contributed by atoms with Crippen molar-refractivity contribution >= 4 is 6.08 Å². The average Bonchev–Trinajstić information content (AvgIpc) is 2.44. The fraction of sp³-hybridized carbons (Fsp3) is 0. The van der Waals surface area contributed by atoms with E-state index in [0.717, 1.165) is 0 Å². The Labute approximate surface area is 98.7 Å². The van der Waals surface area contributed by atoms with Gasteiger partial charge in [0.05, 0.1) is 6.07 Å². The quantitative estimate of drug-likeness (QED) is 0.513. The minimum absolute atomic E-state index is 1.17. The Kier molecular flexibility index (Phi) is 27.0. The van der Waals surface area contributed by atoms with Crippen LogP contribution in [0.4, 0.5) is 0 Å². The molecule has 1 rings (SSSR count). The number of rotatable bonds is 1. The lowest BCUT2D eigenvalue weighted by atomic mass is 10.2. The van der Waals surface area contributed by atoms with Gasteiger partial charge in [0.25, 0.3) is 0 Å². The number of nitriles is 1. The minimum atomic E-state index is 1.17. The molecule has 1 heteroatoms. The van der Waals surface area contributed by atoms with Crippen molar-refractivity contribution in [2.24, 2.45) is 0 Å². The summed E-state index contributed by atoms with van der Waals surface area (Å²) in [6.07, 6.45) is 19.0. The van der Waals surface area contributed by atoms with E-state index in [2.05, 4.69) is 38.9 Å². The second-order valence-corrected chi connectivity index (χ2v) is 1.95. The molecule has 0 atom stereocenters. The van der Waals surface area contributed by atoms with E-state index in [4.69, 9.17) is 5.26 Å². The Morgan fingerprint density at radius 3 is 1.56 bits per heavy atom. The molecule has 1 aromatic carbocycles. The third kappa shape index (κ3) is 17.4. The Balaban J connectivity index is -0.000000181. The van der Waals surface area contributed by atoms with Crippen molar-refractivity contribution in [3.8, 4) is 31.8 Å². The molecule has 0 heterocycles. The molecule has 0 saturated carbocycles. The smallest absolute Gasteiger partial charge is 0.0905 e. The molecule has 0 N–H and O–H groups in total. The van der Waals surface area contributed by atoms with E-state index in [1.165, 1.54) is 11.6 Å². The number of nitrogens with zero attached hydrogens (tertiary/aromatic N) is 1. The van der Waals surface area contributed by atoms with Crippen molar-refractivity contribution in [3.63, 3.8) is 0 Å². The molecule has 16 heavy (non-hydrogen) atoms. The van der Waals surface area contributed by atoms with Crippen molar-refractivity contribution in [2.75, 3.05) is 0 Å². The molecule has 0 bridgehead atoms. The lowest BCUT2D eigenvalue weighted by Crippen LogP contribution is -1.63. The highest BCUT2D eigenvalue weighted by molar-refractivity contribution is 5.45. The maximum atomic E-state index is 7.51. The van der Waals surface area contributed by atoms with E-state index in [1.807, 2.05) is 36.4 Å². The van der Waals surface area contributed by atoms with E-state index in [9.17, 15) is 0 Å². The van der Waals surface area contributed by atoms with Crippen LogP contribution in [-0.4, -0.2) is 0 Å². The number of hydrogen-bond acceptors (Lipinski definition) is 1. The summed E-state index contributed by atoms with van der Waals surface area (Å²) in [6.45, 7) is 6.75. The molecule has 80 valence electrons. The Hall–Kier alpha value is -2.69. The summed E-state index contributed by atoms with van der Waals surface area (Å²) in [7, 11) is 0. The standard InChI is InChI=1S/C8H8.C3H3N.2C2H2/c1-2-8-6-4-3-5-7-8;1-2-3-4;2*1-2/h2-7H,1H2;2H,1H2;2*1-2H. The zero-order valence-corrected chi connectivity index (χ0v) is 9.21. The van der Waals surface area contributed by atoms with E-state index >= 15 is 0 Å². The molecule has 0 aliphatic carbocycles. The van der Waals surface area contributed by atoms with Gasteiger partial charge in [-0.25, -0.2) is 0 Å². The fourth-order valence-corrected chi connectivity index (χ4v) is 0.589. The van der Waals surface area contributed by atoms with E-state index < -0.39 is 0 Å². The first kappa shape index (κ1) is 19.0. The molecule has 0 aliphatic rings. The molecule has 0 fully saturated rings. The van der Waals surface area contributed by atoms with Crippen molar-refractivity contribution in [3.05, 3.63) is 55.1 Å². The van der Waals surface area contributed by atoms with Crippen molar-refractivity contribution in [2.45, 2.75) is 0 Å². The SMILES string of the molecule is C#C.C#C.C=CC#N.C=Cc1ccccc1. The summed E-state index contributed by atoms with van der Waals surface area (Å²) >= 11 is 0. The van der Waals surface area contributed by atoms with Gasteiger partial charge in [0, 0.05) is 6.08 Å². The van der Waals surface area contributed by atoms with Gasteiger partial charge in [-0.05, 0) is 5.56 Å². The predicted molar refractivity (Wildman–Crippen MR) is 72.1 cm³/mol. The van der Waals surface area contributed by atoms with Crippen LogP contribution in [0.5, 0.6) is 0 Å². The molecule has 0 radical (unpaired) electrons.